The van der Waals surface area contributed by atoms with Gasteiger partial charge in [-0.15, -0.1) is 11.8 Å². The zero-order valence-electron chi connectivity index (χ0n) is 10.1. The molecule has 1 saturated heterocycles. The summed E-state index contributed by atoms with van der Waals surface area (Å²) in [6.45, 7) is 2.17. The first kappa shape index (κ1) is 11.1. The molecule has 90 valence electrons. The number of imidazole rings is 1. The fourth-order valence-electron chi connectivity index (χ4n) is 2.46. The summed E-state index contributed by atoms with van der Waals surface area (Å²) in [5.74, 6) is 2.44. The molecule has 1 unspecified atom stereocenters. The van der Waals surface area contributed by atoms with Gasteiger partial charge in [0.15, 0.2) is 5.65 Å². The van der Waals surface area contributed by atoms with Crippen molar-refractivity contribution in [1.82, 2.24) is 14.5 Å². The molecule has 1 aliphatic rings. The molecule has 1 aliphatic heterocycles. The van der Waals surface area contributed by atoms with E-state index in [1.165, 1.54) is 30.8 Å². The zero-order valence-corrected chi connectivity index (χ0v) is 10.9. The highest BCUT2D eigenvalue weighted by molar-refractivity contribution is 7.99. The number of fused-ring (bicyclic) bond motifs is 1. The number of thioether (sulfide) groups is 1. The topological polar surface area (TPSA) is 30.7 Å². The van der Waals surface area contributed by atoms with Crippen molar-refractivity contribution < 1.29 is 0 Å². The number of aromatic nitrogens is 3. The molecule has 3 nitrogen and oxygen atoms in total. The van der Waals surface area contributed by atoms with E-state index in [4.69, 9.17) is 4.98 Å². The summed E-state index contributed by atoms with van der Waals surface area (Å²) in [5.41, 5.74) is 2.10. The molecule has 3 rings (SSSR count). The van der Waals surface area contributed by atoms with Crippen LogP contribution in [-0.2, 0) is 6.42 Å². The fraction of sp³-hybridized carbons (Fsp3) is 0.538. The van der Waals surface area contributed by atoms with Gasteiger partial charge in [-0.05, 0) is 37.1 Å². The van der Waals surface area contributed by atoms with E-state index in [9.17, 15) is 0 Å². The molecule has 0 radical (unpaired) electrons. The molecule has 0 amide bonds. The van der Waals surface area contributed by atoms with Gasteiger partial charge < -0.3 is 4.57 Å². The normalized spacial score (nSPS) is 20.9. The van der Waals surface area contributed by atoms with E-state index in [1.54, 1.807) is 0 Å². The predicted molar refractivity (Wildman–Crippen MR) is 72.3 cm³/mol. The SMILES string of the molecule is CCc1nc2cccnc2n1C1CCCCS1. The summed E-state index contributed by atoms with van der Waals surface area (Å²) in [6, 6.07) is 4.03. The van der Waals surface area contributed by atoms with Gasteiger partial charge in [0, 0.05) is 12.6 Å². The second-order valence-electron chi connectivity index (χ2n) is 4.42. The zero-order chi connectivity index (χ0) is 11.7. The van der Waals surface area contributed by atoms with Gasteiger partial charge in [0.05, 0.1) is 5.37 Å². The third-order valence-electron chi connectivity index (χ3n) is 3.28. The van der Waals surface area contributed by atoms with Crippen LogP contribution in [0.5, 0.6) is 0 Å². The summed E-state index contributed by atoms with van der Waals surface area (Å²) in [6.07, 6.45) is 6.77. The maximum absolute atomic E-state index is 4.69. The van der Waals surface area contributed by atoms with Crippen molar-refractivity contribution in [2.24, 2.45) is 0 Å². The van der Waals surface area contributed by atoms with Crippen molar-refractivity contribution in [3.63, 3.8) is 0 Å². The van der Waals surface area contributed by atoms with Crippen LogP contribution in [0.1, 0.15) is 37.4 Å². The molecule has 4 heteroatoms. The van der Waals surface area contributed by atoms with E-state index >= 15 is 0 Å². The van der Waals surface area contributed by atoms with Gasteiger partial charge in [-0.25, -0.2) is 9.97 Å². The highest BCUT2D eigenvalue weighted by atomic mass is 32.2. The predicted octanol–water partition coefficient (Wildman–Crippen LogP) is 3.41. The molecule has 1 fully saturated rings. The maximum Gasteiger partial charge on any atom is 0.160 e. The van der Waals surface area contributed by atoms with Crippen molar-refractivity contribution in [3.05, 3.63) is 24.2 Å². The maximum atomic E-state index is 4.69. The summed E-state index contributed by atoms with van der Waals surface area (Å²) in [5, 5.41) is 0.540. The Hall–Kier alpha value is -1.03. The molecule has 3 heterocycles. The van der Waals surface area contributed by atoms with Crippen molar-refractivity contribution >= 4 is 22.9 Å². The third-order valence-corrected chi connectivity index (χ3v) is 4.64. The first-order chi connectivity index (χ1) is 8.40. The Morgan fingerprint density at radius 3 is 3.18 bits per heavy atom. The molecule has 0 spiro atoms. The summed E-state index contributed by atoms with van der Waals surface area (Å²) < 4.78 is 2.36. The van der Waals surface area contributed by atoms with Gasteiger partial charge in [-0.2, -0.15) is 0 Å². The Labute approximate surface area is 106 Å². The van der Waals surface area contributed by atoms with Gasteiger partial charge in [0.2, 0.25) is 0 Å². The molecule has 17 heavy (non-hydrogen) atoms. The lowest BCUT2D eigenvalue weighted by Crippen LogP contribution is -2.13. The highest BCUT2D eigenvalue weighted by Gasteiger charge is 2.21. The van der Waals surface area contributed by atoms with E-state index in [0.717, 1.165) is 17.6 Å². The molecule has 0 aliphatic carbocycles. The summed E-state index contributed by atoms with van der Waals surface area (Å²) in [4.78, 5) is 9.21. The van der Waals surface area contributed by atoms with Crippen LogP contribution >= 0.6 is 11.8 Å². The lowest BCUT2D eigenvalue weighted by molar-refractivity contribution is 0.560. The number of hydrogen-bond donors (Lipinski definition) is 0. The van der Waals surface area contributed by atoms with Gasteiger partial charge in [-0.1, -0.05) is 6.92 Å². The molecular weight excluding hydrogens is 230 g/mol. The molecule has 0 aromatic carbocycles. The Balaban J connectivity index is 2.11. The second-order valence-corrected chi connectivity index (χ2v) is 5.70. The van der Waals surface area contributed by atoms with Gasteiger partial charge in [0.1, 0.15) is 11.3 Å². The van der Waals surface area contributed by atoms with Crippen LogP contribution in [0.4, 0.5) is 0 Å². The van der Waals surface area contributed by atoms with Crippen LogP contribution in [0.2, 0.25) is 0 Å². The van der Waals surface area contributed by atoms with Gasteiger partial charge in [-0.3, -0.25) is 0 Å². The van der Waals surface area contributed by atoms with Crippen LogP contribution < -0.4 is 0 Å². The summed E-state index contributed by atoms with van der Waals surface area (Å²) in [7, 11) is 0. The standard InChI is InChI=1S/C13H17N3S/c1-2-11-15-10-6-5-8-14-13(10)16(11)12-7-3-4-9-17-12/h5-6,8,12H,2-4,7,9H2,1H3. The van der Waals surface area contributed by atoms with E-state index in [-0.39, 0.29) is 0 Å². The molecule has 0 N–H and O–H groups in total. The van der Waals surface area contributed by atoms with Crippen LogP contribution in [0, 0.1) is 0 Å². The minimum absolute atomic E-state index is 0.540. The van der Waals surface area contributed by atoms with Crippen molar-refractivity contribution in [3.8, 4) is 0 Å². The molecule has 0 bridgehead atoms. The van der Waals surface area contributed by atoms with E-state index < -0.39 is 0 Å². The van der Waals surface area contributed by atoms with Crippen molar-refractivity contribution in [2.75, 3.05) is 5.75 Å². The average molecular weight is 247 g/mol. The van der Waals surface area contributed by atoms with Crippen LogP contribution in [-0.4, -0.2) is 20.3 Å². The van der Waals surface area contributed by atoms with Crippen LogP contribution in [0.25, 0.3) is 11.2 Å². The van der Waals surface area contributed by atoms with Crippen LogP contribution in [0.15, 0.2) is 18.3 Å². The lowest BCUT2D eigenvalue weighted by atomic mass is 10.2. The minimum atomic E-state index is 0.540. The molecular formula is C13H17N3S. The van der Waals surface area contributed by atoms with E-state index in [1.807, 2.05) is 24.0 Å². The number of hydrogen-bond acceptors (Lipinski definition) is 3. The Bertz CT molecular complexity index is 514. The Kier molecular flexibility index (Phi) is 3.05. The van der Waals surface area contributed by atoms with Gasteiger partial charge >= 0.3 is 0 Å². The molecule has 2 aromatic heterocycles. The van der Waals surface area contributed by atoms with Crippen molar-refractivity contribution in [2.45, 2.75) is 38.0 Å². The molecule has 0 saturated carbocycles. The largest absolute Gasteiger partial charge is 0.300 e. The number of rotatable bonds is 2. The summed E-state index contributed by atoms with van der Waals surface area (Å²) >= 11 is 2.05. The first-order valence-electron chi connectivity index (χ1n) is 6.33. The minimum Gasteiger partial charge on any atom is -0.300 e. The van der Waals surface area contributed by atoms with E-state index in [0.29, 0.717) is 5.37 Å². The van der Waals surface area contributed by atoms with Crippen molar-refractivity contribution in [1.29, 1.82) is 0 Å². The smallest absolute Gasteiger partial charge is 0.160 e. The van der Waals surface area contributed by atoms with Crippen LogP contribution in [0.3, 0.4) is 0 Å². The fourth-order valence-corrected chi connectivity index (χ4v) is 3.80. The average Bonchev–Trinajstić information content (AvgIpc) is 2.78. The Morgan fingerprint density at radius 2 is 2.41 bits per heavy atom. The van der Waals surface area contributed by atoms with Gasteiger partial charge in [0.25, 0.3) is 0 Å². The molecule has 2 aromatic rings. The third kappa shape index (κ3) is 1.95. The quantitative estimate of drug-likeness (QED) is 0.814. The number of pyridine rings is 1. The number of nitrogens with zero attached hydrogens (tertiary/aromatic N) is 3. The second kappa shape index (κ2) is 4.69. The Morgan fingerprint density at radius 1 is 1.47 bits per heavy atom. The lowest BCUT2D eigenvalue weighted by Gasteiger charge is -2.24. The first-order valence-corrected chi connectivity index (χ1v) is 7.38. The van der Waals surface area contributed by atoms with E-state index in [2.05, 4.69) is 22.5 Å². The monoisotopic (exact) mass is 247 g/mol. The number of aryl methyl sites for hydroxylation is 1. The highest BCUT2D eigenvalue weighted by Crippen LogP contribution is 2.36. The molecule has 1 atom stereocenters.